The number of aromatic carboxylic acids is 1. The van der Waals surface area contributed by atoms with Gasteiger partial charge in [-0.25, -0.2) is 9.59 Å². The van der Waals surface area contributed by atoms with Crippen LogP contribution in [-0.2, 0) is 14.0 Å². The maximum Gasteiger partial charge on any atom is 0.495 e. The molecular weight excluding hydrogens is 458 g/mol. The predicted molar refractivity (Wildman–Crippen MR) is 130 cm³/mol. The number of carboxylic acids is 1. The monoisotopic (exact) mass is 488 g/mol. The first-order valence-corrected chi connectivity index (χ1v) is 10.7. The van der Waals surface area contributed by atoms with Crippen molar-refractivity contribution < 1.29 is 48.3 Å². The standard InChI is InChI=1S/C14H19BO5.C9H11BO5/c1-13(2)14(3,4)20-15(19-13)11-7-6-9(18-5)8-10(11)12(16)17;1-14-6-3-4-8(10(12)13)7(5-6)9(11)15-2/h6-8H,1-5H3,(H,16,17);3-5,12-13H,1-2H3. The summed E-state index contributed by atoms with van der Waals surface area (Å²) in [5.74, 6) is -0.743. The number of rotatable bonds is 6. The van der Waals surface area contributed by atoms with Gasteiger partial charge in [-0.3, -0.25) is 0 Å². The van der Waals surface area contributed by atoms with Crippen molar-refractivity contribution in [2.75, 3.05) is 21.3 Å². The minimum absolute atomic E-state index is 0.0758. The van der Waals surface area contributed by atoms with Crippen molar-refractivity contribution in [1.82, 2.24) is 0 Å². The van der Waals surface area contributed by atoms with Gasteiger partial charge in [-0.15, -0.1) is 0 Å². The molecule has 0 bridgehead atoms. The fourth-order valence-corrected chi connectivity index (χ4v) is 3.20. The zero-order chi connectivity index (χ0) is 26.6. The van der Waals surface area contributed by atoms with Crippen LogP contribution >= 0.6 is 0 Å². The van der Waals surface area contributed by atoms with Crippen LogP contribution in [0.2, 0.25) is 0 Å². The van der Waals surface area contributed by atoms with Gasteiger partial charge in [0.25, 0.3) is 0 Å². The van der Waals surface area contributed by atoms with Crippen LogP contribution in [0.4, 0.5) is 0 Å². The van der Waals surface area contributed by atoms with Gasteiger partial charge < -0.3 is 38.7 Å². The number of carboxylic acid groups (broad SMARTS) is 1. The van der Waals surface area contributed by atoms with Crippen LogP contribution < -0.4 is 20.4 Å². The number of benzene rings is 2. The molecule has 0 radical (unpaired) electrons. The molecule has 1 heterocycles. The Morgan fingerprint density at radius 3 is 1.77 bits per heavy atom. The normalized spacial score (nSPS) is 15.5. The molecule has 188 valence electrons. The first kappa shape index (κ1) is 28.2. The number of hydrogen-bond acceptors (Lipinski definition) is 9. The van der Waals surface area contributed by atoms with Gasteiger partial charge in [0.15, 0.2) is 0 Å². The Morgan fingerprint density at radius 2 is 1.34 bits per heavy atom. The second kappa shape index (κ2) is 11.1. The maximum atomic E-state index is 11.4. The summed E-state index contributed by atoms with van der Waals surface area (Å²) in [6, 6.07) is 9.16. The van der Waals surface area contributed by atoms with Crippen LogP contribution in [-0.4, -0.2) is 73.9 Å². The Morgan fingerprint density at radius 1 is 0.857 bits per heavy atom. The van der Waals surface area contributed by atoms with Gasteiger partial charge in [0.1, 0.15) is 11.5 Å². The number of carbonyl (C=O) groups is 2. The minimum Gasteiger partial charge on any atom is -0.497 e. The number of ether oxygens (including phenoxy) is 3. The molecule has 0 atom stereocenters. The molecule has 0 unspecified atom stereocenters. The fourth-order valence-electron chi connectivity index (χ4n) is 3.20. The lowest BCUT2D eigenvalue weighted by Crippen LogP contribution is -2.41. The number of hydrogen-bond donors (Lipinski definition) is 3. The molecule has 10 nitrogen and oxygen atoms in total. The van der Waals surface area contributed by atoms with Crippen LogP contribution in [0.3, 0.4) is 0 Å². The van der Waals surface area contributed by atoms with Crippen LogP contribution in [0.15, 0.2) is 36.4 Å². The van der Waals surface area contributed by atoms with E-state index in [0.717, 1.165) is 0 Å². The highest BCUT2D eigenvalue weighted by atomic mass is 16.7. The predicted octanol–water partition coefficient (Wildman–Crippen LogP) is 0.854. The van der Waals surface area contributed by atoms with E-state index in [-0.39, 0.29) is 16.6 Å². The van der Waals surface area contributed by atoms with E-state index in [1.807, 2.05) is 27.7 Å². The third-order valence-electron chi connectivity index (χ3n) is 5.94. The highest BCUT2D eigenvalue weighted by molar-refractivity contribution is 6.63. The SMILES string of the molecule is COC(=O)c1cc(OC)ccc1B(O)O.COc1ccc(B2OC(C)(C)C(C)(C)O2)c(C(=O)O)c1. The van der Waals surface area contributed by atoms with Crippen LogP contribution in [0.5, 0.6) is 11.5 Å². The Kier molecular flexibility index (Phi) is 8.96. The summed E-state index contributed by atoms with van der Waals surface area (Å²) >= 11 is 0. The highest BCUT2D eigenvalue weighted by Crippen LogP contribution is 2.36. The van der Waals surface area contributed by atoms with Crippen molar-refractivity contribution in [1.29, 1.82) is 0 Å². The molecule has 35 heavy (non-hydrogen) atoms. The zero-order valence-corrected chi connectivity index (χ0v) is 20.8. The largest absolute Gasteiger partial charge is 0.497 e. The molecule has 1 saturated heterocycles. The Bertz CT molecular complexity index is 1050. The zero-order valence-electron chi connectivity index (χ0n) is 20.8. The lowest BCUT2D eigenvalue weighted by atomic mass is 9.76. The van der Waals surface area contributed by atoms with Gasteiger partial charge in [0.05, 0.1) is 43.7 Å². The molecule has 0 saturated carbocycles. The second-order valence-electron chi connectivity index (χ2n) is 8.67. The fraction of sp³-hybridized carbons (Fsp3) is 0.391. The third-order valence-corrected chi connectivity index (χ3v) is 5.94. The van der Waals surface area contributed by atoms with Crippen molar-refractivity contribution in [2.24, 2.45) is 0 Å². The quantitative estimate of drug-likeness (QED) is 0.396. The maximum absolute atomic E-state index is 11.4. The van der Waals surface area contributed by atoms with Crippen LogP contribution in [0, 0.1) is 0 Å². The van der Waals surface area contributed by atoms with Crippen molar-refractivity contribution in [2.45, 2.75) is 38.9 Å². The molecular formula is C23H30B2O10. The molecule has 0 aromatic heterocycles. The Balaban J connectivity index is 0.000000258. The lowest BCUT2D eigenvalue weighted by molar-refractivity contribution is 0.00578. The van der Waals surface area contributed by atoms with E-state index in [2.05, 4.69) is 4.74 Å². The first-order chi connectivity index (χ1) is 16.3. The molecule has 0 aliphatic carbocycles. The van der Waals surface area contributed by atoms with E-state index in [4.69, 9.17) is 28.8 Å². The first-order valence-electron chi connectivity index (χ1n) is 10.7. The summed E-state index contributed by atoms with van der Waals surface area (Å²) in [7, 11) is 1.75. The molecule has 0 spiro atoms. The highest BCUT2D eigenvalue weighted by Gasteiger charge is 2.52. The van der Waals surface area contributed by atoms with Crippen LogP contribution in [0.25, 0.3) is 0 Å². The van der Waals surface area contributed by atoms with Crippen molar-refractivity contribution in [3.8, 4) is 11.5 Å². The Labute approximate surface area is 205 Å². The molecule has 2 aromatic carbocycles. The summed E-state index contributed by atoms with van der Waals surface area (Å²) in [5.41, 5.74) is -0.227. The van der Waals surface area contributed by atoms with Gasteiger partial charge in [-0.05, 0) is 62.9 Å². The van der Waals surface area contributed by atoms with Gasteiger partial charge in [0, 0.05) is 0 Å². The molecule has 1 fully saturated rings. The molecule has 1 aliphatic rings. The number of methoxy groups -OCH3 is 3. The summed E-state index contributed by atoms with van der Waals surface area (Å²) in [5, 5.41) is 27.4. The molecule has 12 heteroatoms. The van der Waals surface area contributed by atoms with Gasteiger partial charge in [-0.1, -0.05) is 12.1 Å². The van der Waals surface area contributed by atoms with E-state index in [9.17, 15) is 14.7 Å². The smallest absolute Gasteiger partial charge is 0.495 e. The third kappa shape index (κ3) is 6.34. The van der Waals surface area contributed by atoms with Crippen molar-refractivity contribution in [3.05, 3.63) is 47.5 Å². The topological polar surface area (TPSA) is 141 Å². The van der Waals surface area contributed by atoms with E-state index in [0.29, 0.717) is 17.0 Å². The number of esters is 1. The average Bonchev–Trinajstić information content (AvgIpc) is 3.04. The van der Waals surface area contributed by atoms with E-state index >= 15 is 0 Å². The molecule has 1 aliphatic heterocycles. The van der Waals surface area contributed by atoms with E-state index in [1.165, 1.54) is 45.6 Å². The average molecular weight is 488 g/mol. The van der Waals surface area contributed by atoms with Gasteiger partial charge in [-0.2, -0.15) is 0 Å². The molecule has 0 amide bonds. The summed E-state index contributed by atoms with van der Waals surface area (Å²) in [4.78, 5) is 22.7. The second-order valence-corrected chi connectivity index (χ2v) is 8.67. The summed E-state index contributed by atoms with van der Waals surface area (Å²) in [6.07, 6.45) is 0. The molecule has 3 N–H and O–H groups in total. The van der Waals surface area contributed by atoms with Gasteiger partial charge in [0.2, 0.25) is 0 Å². The summed E-state index contributed by atoms with van der Waals surface area (Å²) < 4.78 is 26.3. The number of carbonyl (C=O) groups excluding carboxylic acids is 1. The summed E-state index contributed by atoms with van der Waals surface area (Å²) in [6.45, 7) is 7.71. The molecule has 2 aromatic rings. The van der Waals surface area contributed by atoms with Crippen molar-refractivity contribution >= 4 is 37.1 Å². The lowest BCUT2D eigenvalue weighted by Gasteiger charge is -2.32. The molecule has 3 rings (SSSR count). The van der Waals surface area contributed by atoms with Crippen LogP contribution in [0.1, 0.15) is 48.4 Å². The van der Waals surface area contributed by atoms with E-state index < -0.39 is 37.4 Å². The van der Waals surface area contributed by atoms with Crippen molar-refractivity contribution in [3.63, 3.8) is 0 Å². The van der Waals surface area contributed by atoms with E-state index in [1.54, 1.807) is 12.1 Å². The minimum atomic E-state index is -1.72. The van der Waals surface area contributed by atoms with Gasteiger partial charge >= 0.3 is 26.2 Å². The Hall–Kier alpha value is -3.05.